The van der Waals surface area contributed by atoms with Crippen LogP contribution < -0.4 is 10.7 Å². The second-order valence-corrected chi connectivity index (χ2v) is 7.78. The Morgan fingerprint density at radius 2 is 2.21 bits per heavy atom. The predicted octanol–water partition coefficient (Wildman–Crippen LogP) is 3.34. The van der Waals surface area contributed by atoms with E-state index >= 15 is 0 Å². The van der Waals surface area contributed by atoms with Gasteiger partial charge in [-0.1, -0.05) is 31.2 Å². The number of hydrogen-bond donors (Lipinski definition) is 2. The SMILES string of the molecule is C#Cc1cccc(N=C2N=CNN(C=C)/C2=C(\C)CN2CCC(NC(=O)OCC=C)CC2)c1. The number of benzene rings is 1. The zero-order chi connectivity index (χ0) is 23.6. The molecule has 2 N–H and O–H groups in total. The first-order valence-electron chi connectivity index (χ1n) is 10.9. The number of rotatable bonds is 7. The lowest BCUT2D eigenvalue weighted by molar-refractivity contribution is 0.143. The quantitative estimate of drug-likeness (QED) is 0.496. The number of ether oxygens (including phenoxy) is 1. The third kappa shape index (κ3) is 6.57. The first kappa shape index (κ1) is 23.8. The number of hydrazine groups is 1. The van der Waals surface area contributed by atoms with Crippen molar-refractivity contribution in [1.82, 2.24) is 20.7 Å². The average molecular weight is 447 g/mol. The van der Waals surface area contributed by atoms with Gasteiger partial charge in [0.05, 0.1) is 5.69 Å². The maximum Gasteiger partial charge on any atom is 0.407 e. The highest BCUT2D eigenvalue weighted by Gasteiger charge is 2.24. The molecule has 0 radical (unpaired) electrons. The van der Waals surface area contributed by atoms with Gasteiger partial charge in [-0.15, -0.1) is 6.42 Å². The monoisotopic (exact) mass is 446 g/mol. The fraction of sp³-hybridized carbons (Fsp3) is 0.320. The predicted molar refractivity (Wildman–Crippen MR) is 132 cm³/mol. The second kappa shape index (κ2) is 11.7. The molecular formula is C25H30N6O2. The van der Waals surface area contributed by atoms with Crippen LogP contribution in [0.3, 0.4) is 0 Å². The number of aliphatic imine (C=N–C) groups is 2. The molecule has 8 nitrogen and oxygen atoms in total. The molecule has 2 aliphatic heterocycles. The Morgan fingerprint density at radius 1 is 1.42 bits per heavy atom. The number of piperidine rings is 1. The average Bonchev–Trinajstić information content (AvgIpc) is 2.83. The summed E-state index contributed by atoms with van der Waals surface area (Å²) in [6.07, 6.45) is 11.7. The van der Waals surface area contributed by atoms with Crippen molar-refractivity contribution in [3.8, 4) is 12.3 Å². The van der Waals surface area contributed by atoms with Gasteiger partial charge in [0.25, 0.3) is 0 Å². The Bertz CT molecular complexity index is 1010. The fourth-order valence-electron chi connectivity index (χ4n) is 3.78. The first-order valence-corrected chi connectivity index (χ1v) is 10.9. The van der Waals surface area contributed by atoms with E-state index in [-0.39, 0.29) is 12.6 Å². The van der Waals surface area contributed by atoms with Crippen LogP contribution in [0.4, 0.5) is 10.5 Å². The highest BCUT2D eigenvalue weighted by Crippen LogP contribution is 2.22. The van der Waals surface area contributed by atoms with Crippen LogP contribution in [-0.4, -0.2) is 60.5 Å². The molecular weight excluding hydrogens is 416 g/mol. The highest BCUT2D eigenvalue weighted by atomic mass is 16.5. The number of likely N-dealkylation sites (tertiary alicyclic amines) is 1. The van der Waals surface area contributed by atoms with Crippen molar-refractivity contribution >= 4 is 24.0 Å². The van der Waals surface area contributed by atoms with Gasteiger partial charge in [0.1, 0.15) is 18.6 Å². The summed E-state index contributed by atoms with van der Waals surface area (Å²) >= 11 is 0. The summed E-state index contributed by atoms with van der Waals surface area (Å²) in [5, 5.41) is 4.73. The molecule has 0 aliphatic carbocycles. The normalized spacial score (nSPS) is 19.4. The van der Waals surface area contributed by atoms with Gasteiger partial charge in [0.15, 0.2) is 5.84 Å². The van der Waals surface area contributed by atoms with E-state index < -0.39 is 6.09 Å². The Morgan fingerprint density at radius 3 is 2.91 bits per heavy atom. The van der Waals surface area contributed by atoms with Gasteiger partial charge in [-0.2, -0.15) is 0 Å². The number of terminal acetylenes is 1. The number of amides is 1. The molecule has 33 heavy (non-hydrogen) atoms. The maximum atomic E-state index is 11.8. The molecule has 0 bridgehead atoms. The number of carbonyl (C=O) groups is 1. The molecule has 172 valence electrons. The third-order valence-corrected chi connectivity index (χ3v) is 5.37. The van der Waals surface area contributed by atoms with E-state index in [1.807, 2.05) is 29.3 Å². The Balaban J connectivity index is 1.71. The van der Waals surface area contributed by atoms with Crippen molar-refractivity contribution in [2.45, 2.75) is 25.8 Å². The number of amidine groups is 1. The van der Waals surface area contributed by atoms with Gasteiger partial charge in [-0.25, -0.2) is 14.8 Å². The maximum absolute atomic E-state index is 11.8. The van der Waals surface area contributed by atoms with E-state index in [1.54, 1.807) is 18.6 Å². The van der Waals surface area contributed by atoms with Crippen molar-refractivity contribution in [2.75, 3.05) is 26.2 Å². The van der Waals surface area contributed by atoms with E-state index in [1.165, 1.54) is 0 Å². The standard InChI is InChI=1S/C25H30N6O2/c1-5-15-33-25(32)29-21-11-13-30(14-12-21)17-19(4)23-24(26-18-27-31(23)7-3)28-22-10-8-9-20(6-2)16-22/h2,5,7-10,16,18,21H,1,3,11-15,17H2,4H3,(H,29,32)(H,26,27,28)/b23-19+. The van der Waals surface area contributed by atoms with Crippen molar-refractivity contribution in [2.24, 2.45) is 9.98 Å². The number of alkyl carbamates (subject to hydrolysis) is 1. The van der Waals surface area contributed by atoms with E-state index in [4.69, 9.17) is 16.2 Å². The third-order valence-electron chi connectivity index (χ3n) is 5.37. The van der Waals surface area contributed by atoms with Crippen molar-refractivity contribution in [3.05, 3.63) is 66.5 Å². The van der Waals surface area contributed by atoms with E-state index in [0.29, 0.717) is 5.84 Å². The zero-order valence-electron chi connectivity index (χ0n) is 19.0. The van der Waals surface area contributed by atoms with Crippen molar-refractivity contribution in [3.63, 3.8) is 0 Å². The lowest BCUT2D eigenvalue weighted by atomic mass is 10.0. The van der Waals surface area contributed by atoms with Gasteiger partial charge in [-0.3, -0.25) is 15.3 Å². The van der Waals surface area contributed by atoms with Gasteiger partial charge >= 0.3 is 6.09 Å². The summed E-state index contributed by atoms with van der Waals surface area (Å²) in [6, 6.07) is 7.61. The molecule has 3 rings (SSSR count). The molecule has 0 saturated carbocycles. The summed E-state index contributed by atoms with van der Waals surface area (Å²) in [6.45, 7) is 12.2. The first-order chi connectivity index (χ1) is 16.0. The molecule has 2 aliphatic rings. The number of carbonyl (C=O) groups excluding carboxylic acids is 1. The topological polar surface area (TPSA) is 81.6 Å². The molecule has 0 atom stereocenters. The van der Waals surface area contributed by atoms with E-state index in [0.717, 1.165) is 55.0 Å². The number of nitrogens with one attached hydrogen (secondary N) is 2. The molecule has 0 aromatic heterocycles. The summed E-state index contributed by atoms with van der Waals surface area (Å²) in [5.41, 5.74) is 6.55. The number of nitrogens with zero attached hydrogens (tertiary/aromatic N) is 4. The summed E-state index contributed by atoms with van der Waals surface area (Å²) in [4.78, 5) is 23.3. The lowest BCUT2D eigenvalue weighted by Gasteiger charge is -2.34. The van der Waals surface area contributed by atoms with Gasteiger partial charge in [0, 0.05) is 37.4 Å². The minimum atomic E-state index is -0.394. The molecule has 1 aromatic rings. The summed E-state index contributed by atoms with van der Waals surface area (Å²) < 4.78 is 5.02. The Labute approximate surface area is 195 Å². The van der Waals surface area contributed by atoms with Crippen LogP contribution in [0, 0.1) is 12.3 Å². The van der Waals surface area contributed by atoms with Crippen molar-refractivity contribution < 1.29 is 9.53 Å². The van der Waals surface area contributed by atoms with Crippen LogP contribution in [0.1, 0.15) is 25.3 Å². The Hall–Kier alpha value is -3.83. The molecule has 2 heterocycles. The van der Waals surface area contributed by atoms with Gasteiger partial charge in [-0.05, 0) is 43.5 Å². The zero-order valence-corrected chi connectivity index (χ0v) is 19.0. The van der Waals surface area contributed by atoms with Crippen LogP contribution in [0.5, 0.6) is 0 Å². The molecule has 1 aromatic carbocycles. The van der Waals surface area contributed by atoms with Crippen LogP contribution in [0.2, 0.25) is 0 Å². The largest absolute Gasteiger partial charge is 0.445 e. The summed E-state index contributed by atoms with van der Waals surface area (Å²) in [7, 11) is 0. The van der Waals surface area contributed by atoms with Crippen LogP contribution >= 0.6 is 0 Å². The molecule has 0 spiro atoms. The van der Waals surface area contributed by atoms with Crippen LogP contribution in [-0.2, 0) is 4.74 Å². The van der Waals surface area contributed by atoms with E-state index in [2.05, 4.69) is 46.6 Å². The molecule has 8 heteroatoms. The van der Waals surface area contributed by atoms with Gasteiger partial charge in [0.2, 0.25) is 0 Å². The summed E-state index contributed by atoms with van der Waals surface area (Å²) in [5.74, 6) is 3.22. The van der Waals surface area contributed by atoms with Crippen molar-refractivity contribution in [1.29, 1.82) is 0 Å². The minimum Gasteiger partial charge on any atom is -0.445 e. The molecule has 1 fully saturated rings. The fourth-order valence-corrected chi connectivity index (χ4v) is 3.78. The minimum absolute atomic E-state index is 0.109. The Kier molecular flexibility index (Phi) is 8.44. The molecule has 1 amide bonds. The molecule has 0 unspecified atom stereocenters. The molecule has 1 saturated heterocycles. The highest BCUT2D eigenvalue weighted by molar-refractivity contribution is 6.05. The lowest BCUT2D eigenvalue weighted by Crippen LogP contribution is -2.46. The van der Waals surface area contributed by atoms with Crippen LogP contribution in [0.25, 0.3) is 0 Å². The smallest absolute Gasteiger partial charge is 0.407 e. The van der Waals surface area contributed by atoms with E-state index in [9.17, 15) is 4.79 Å². The number of hydrogen-bond acceptors (Lipinski definition) is 6. The van der Waals surface area contributed by atoms with Gasteiger partial charge < -0.3 is 10.1 Å². The van der Waals surface area contributed by atoms with Crippen LogP contribution in [0.15, 0.2) is 71.0 Å². The second-order valence-electron chi connectivity index (χ2n) is 7.78.